The van der Waals surface area contributed by atoms with Gasteiger partial charge in [0.2, 0.25) is 0 Å². The van der Waals surface area contributed by atoms with Crippen molar-refractivity contribution in [2.24, 2.45) is 17.8 Å². The summed E-state index contributed by atoms with van der Waals surface area (Å²) >= 11 is 0. The Balaban J connectivity index is 1.90. The minimum absolute atomic E-state index is 0.780. The van der Waals surface area contributed by atoms with E-state index in [1.807, 2.05) is 0 Å². The highest BCUT2D eigenvalue weighted by molar-refractivity contribution is 4.77. The van der Waals surface area contributed by atoms with Gasteiger partial charge in [0.05, 0.1) is 0 Å². The first-order chi connectivity index (χ1) is 8.59. The van der Waals surface area contributed by atoms with Crippen molar-refractivity contribution < 1.29 is 0 Å². The fraction of sp³-hybridized carbons (Fsp3) is 1.00. The van der Waals surface area contributed by atoms with E-state index in [1.54, 1.807) is 0 Å². The lowest BCUT2D eigenvalue weighted by atomic mass is 9.95. The third kappa shape index (κ3) is 6.75. The zero-order valence-electron chi connectivity index (χ0n) is 13.0. The van der Waals surface area contributed by atoms with E-state index in [2.05, 4.69) is 37.9 Å². The number of unbranched alkanes of at least 4 members (excludes halogenated alkanes) is 2. The normalized spacial score (nSPS) is 21.3. The zero-order valence-corrected chi connectivity index (χ0v) is 13.0. The second-order valence-corrected chi connectivity index (χ2v) is 6.75. The van der Waals surface area contributed by atoms with E-state index in [-0.39, 0.29) is 0 Å². The van der Waals surface area contributed by atoms with Gasteiger partial charge in [0.25, 0.3) is 0 Å². The van der Waals surface area contributed by atoms with Crippen LogP contribution in [0.1, 0.15) is 53.4 Å². The molecule has 0 saturated carbocycles. The first kappa shape index (κ1) is 16.0. The smallest absolute Gasteiger partial charge is 0.00126 e. The van der Waals surface area contributed by atoms with Gasteiger partial charge in [0.1, 0.15) is 0 Å². The molecule has 0 bridgehead atoms. The Hall–Kier alpha value is -0.0800. The van der Waals surface area contributed by atoms with E-state index < -0.39 is 0 Å². The molecule has 1 heterocycles. The first-order valence-electron chi connectivity index (χ1n) is 8.02. The first-order valence-corrected chi connectivity index (χ1v) is 8.02. The highest BCUT2D eigenvalue weighted by atomic mass is 15.1. The molecule has 0 aliphatic carbocycles. The van der Waals surface area contributed by atoms with Gasteiger partial charge in [-0.15, -0.1) is 0 Å². The molecule has 0 amide bonds. The van der Waals surface area contributed by atoms with Crippen LogP contribution in [0, 0.1) is 17.8 Å². The second kappa shape index (κ2) is 8.92. The molecule has 2 nitrogen and oxygen atoms in total. The van der Waals surface area contributed by atoms with Crippen molar-refractivity contribution in [2.75, 3.05) is 32.7 Å². The van der Waals surface area contributed by atoms with E-state index in [0.29, 0.717) is 0 Å². The maximum Gasteiger partial charge on any atom is 0.00126 e. The van der Waals surface area contributed by atoms with Crippen molar-refractivity contribution in [2.45, 2.75) is 53.4 Å². The molecule has 1 rings (SSSR count). The Morgan fingerprint density at radius 2 is 1.89 bits per heavy atom. The minimum atomic E-state index is 0.780. The number of nitrogens with zero attached hydrogens (tertiary/aromatic N) is 1. The second-order valence-electron chi connectivity index (χ2n) is 6.75. The van der Waals surface area contributed by atoms with E-state index in [1.165, 1.54) is 58.4 Å². The standard InChI is InChI=1S/C16H34N2/c1-14(2)12-17-9-6-5-7-10-18-11-8-16(13-18)15(3)4/h14-17H,5-13H2,1-4H3. The van der Waals surface area contributed by atoms with Gasteiger partial charge >= 0.3 is 0 Å². The Morgan fingerprint density at radius 1 is 1.11 bits per heavy atom. The van der Waals surface area contributed by atoms with Gasteiger partial charge in [-0.05, 0) is 63.2 Å². The summed E-state index contributed by atoms with van der Waals surface area (Å²) in [5, 5.41) is 3.52. The maximum absolute atomic E-state index is 3.52. The van der Waals surface area contributed by atoms with Gasteiger partial charge in [-0.1, -0.05) is 34.1 Å². The highest BCUT2D eigenvalue weighted by Gasteiger charge is 2.23. The van der Waals surface area contributed by atoms with Crippen LogP contribution in [-0.4, -0.2) is 37.6 Å². The maximum atomic E-state index is 3.52. The molecule has 1 aliphatic heterocycles. The molecular weight excluding hydrogens is 220 g/mol. The van der Waals surface area contributed by atoms with E-state index in [0.717, 1.165) is 17.8 Å². The SMILES string of the molecule is CC(C)CNCCCCCN1CCC(C(C)C)C1. The van der Waals surface area contributed by atoms with Gasteiger partial charge < -0.3 is 10.2 Å². The summed E-state index contributed by atoms with van der Waals surface area (Å²) in [5.41, 5.74) is 0. The summed E-state index contributed by atoms with van der Waals surface area (Å²) < 4.78 is 0. The molecule has 0 aromatic heterocycles. The van der Waals surface area contributed by atoms with Gasteiger partial charge in [-0.3, -0.25) is 0 Å². The zero-order chi connectivity index (χ0) is 13.4. The third-order valence-corrected chi connectivity index (χ3v) is 4.13. The van der Waals surface area contributed by atoms with Crippen LogP contribution in [0.3, 0.4) is 0 Å². The van der Waals surface area contributed by atoms with E-state index in [9.17, 15) is 0 Å². The number of nitrogens with one attached hydrogen (secondary N) is 1. The van der Waals surface area contributed by atoms with Gasteiger partial charge in [0, 0.05) is 6.54 Å². The third-order valence-electron chi connectivity index (χ3n) is 4.13. The lowest BCUT2D eigenvalue weighted by Crippen LogP contribution is -2.24. The topological polar surface area (TPSA) is 15.3 Å². The Bertz CT molecular complexity index is 201. The molecule has 2 heteroatoms. The Morgan fingerprint density at radius 3 is 2.50 bits per heavy atom. The average Bonchev–Trinajstić information content (AvgIpc) is 2.76. The van der Waals surface area contributed by atoms with Crippen LogP contribution in [0.4, 0.5) is 0 Å². The van der Waals surface area contributed by atoms with Crippen molar-refractivity contribution in [1.29, 1.82) is 0 Å². The van der Waals surface area contributed by atoms with Gasteiger partial charge in [0.15, 0.2) is 0 Å². The van der Waals surface area contributed by atoms with Crippen LogP contribution in [-0.2, 0) is 0 Å². The lowest BCUT2D eigenvalue weighted by Gasteiger charge is -2.17. The number of rotatable bonds is 9. The minimum Gasteiger partial charge on any atom is -0.316 e. The van der Waals surface area contributed by atoms with E-state index >= 15 is 0 Å². The molecular formula is C16H34N2. The molecule has 108 valence electrons. The molecule has 0 spiro atoms. The number of hydrogen-bond donors (Lipinski definition) is 1. The van der Waals surface area contributed by atoms with Crippen LogP contribution >= 0.6 is 0 Å². The Kier molecular flexibility index (Phi) is 7.92. The van der Waals surface area contributed by atoms with Crippen molar-refractivity contribution in [3.05, 3.63) is 0 Å². The summed E-state index contributed by atoms with van der Waals surface area (Å²) in [5.74, 6) is 2.61. The molecule has 1 unspecified atom stereocenters. The van der Waals surface area contributed by atoms with Gasteiger partial charge in [-0.2, -0.15) is 0 Å². The summed E-state index contributed by atoms with van der Waals surface area (Å²) in [6, 6.07) is 0. The van der Waals surface area contributed by atoms with Crippen LogP contribution in [0.5, 0.6) is 0 Å². The molecule has 1 fully saturated rings. The molecule has 1 N–H and O–H groups in total. The lowest BCUT2D eigenvalue weighted by molar-refractivity contribution is 0.296. The van der Waals surface area contributed by atoms with Crippen molar-refractivity contribution in [1.82, 2.24) is 10.2 Å². The fourth-order valence-electron chi connectivity index (χ4n) is 2.76. The quantitative estimate of drug-likeness (QED) is 0.635. The van der Waals surface area contributed by atoms with Crippen LogP contribution < -0.4 is 5.32 Å². The predicted molar refractivity (Wildman–Crippen MR) is 80.9 cm³/mol. The molecule has 1 aliphatic rings. The average molecular weight is 254 g/mol. The molecule has 0 radical (unpaired) electrons. The molecule has 1 saturated heterocycles. The fourth-order valence-corrected chi connectivity index (χ4v) is 2.76. The monoisotopic (exact) mass is 254 g/mol. The van der Waals surface area contributed by atoms with E-state index in [4.69, 9.17) is 0 Å². The summed E-state index contributed by atoms with van der Waals surface area (Å²) in [6.07, 6.45) is 5.53. The summed E-state index contributed by atoms with van der Waals surface area (Å²) in [7, 11) is 0. The van der Waals surface area contributed by atoms with Crippen LogP contribution in [0.25, 0.3) is 0 Å². The summed E-state index contributed by atoms with van der Waals surface area (Å²) in [6.45, 7) is 15.7. The molecule has 0 aromatic rings. The summed E-state index contributed by atoms with van der Waals surface area (Å²) in [4.78, 5) is 2.67. The highest BCUT2D eigenvalue weighted by Crippen LogP contribution is 2.23. The largest absolute Gasteiger partial charge is 0.316 e. The molecule has 1 atom stereocenters. The molecule has 18 heavy (non-hydrogen) atoms. The van der Waals surface area contributed by atoms with Crippen LogP contribution in [0.15, 0.2) is 0 Å². The van der Waals surface area contributed by atoms with Gasteiger partial charge in [-0.25, -0.2) is 0 Å². The van der Waals surface area contributed by atoms with Crippen molar-refractivity contribution in [3.8, 4) is 0 Å². The number of hydrogen-bond acceptors (Lipinski definition) is 2. The van der Waals surface area contributed by atoms with Crippen LogP contribution in [0.2, 0.25) is 0 Å². The molecule has 0 aromatic carbocycles. The van der Waals surface area contributed by atoms with Crippen molar-refractivity contribution in [3.63, 3.8) is 0 Å². The Labute approximate surface area is 115 Å². The number of likely N-dealkylation sites (tertiary alicyclic amines) is 1. The predicted octanol–water partition coefficient (Wildman–Crippen LogP) is 3.38. The van der Waals surface area contributed by atoms with Crippen molar-refractivity contribution >= 4 is 0 Å².